The minimum atomic E-state index is 0.835. The molecule has 1 aromatic carbocycles. The van der Waals surface area contributed by atoms with E-state index < -0.39 is 0 Å². The molecule has 1 N–H and O–H groups in total. The number of piperazine rings is 1. The fourth-order valence-electron chi connectivity index (χ4n) is 2.43. The SMILES string of the molecule is Cc1ccc(-c2ccnc(N3CCNCC3)n2)cc1C. The van der Waals surface area contributed by atoms with Crippen molar-refractivity contribution in [3.05, 3.63) is 41.6 Å². The van der Waals surface area contributed by atoms with Crippen LogP contribution in [0, 0.1) is 13.8 Å². The fourth-order valence-corrected chi connectivity index (χ4v) is 2.43. The molecule has 0 spiro atoms. The molecule has 1 fully saturated rings. The molecule has 1 aromatic heterocycles. The maximum Gasteiger partial charge on any atom is 0.225 e. The lowest BCUT2D eigenvalue weighted by Gasteiger charge is -2.27. The lowest BCUT2D eigenvalue weighted by atomic mass is 10.0. The molecule has 0 unspecified atom stereocenters. The van der Waals surface area contributed by atoms with Crippen LogP contribution in [0.1, 0.15) is 11.1 Å². The summed E-state index contributed by atoms with van der Waals surface area (Å²) in [4.78, 5) is 11.4. The molecular formula is C16H20N4. The van der Waals surface area contributed by atoms with Crippen LogP contribution in [0.2, 0.25) is 0 Å². The number of aromatic nitrogens is 2. The summed E-state index contributed by atoms with van der Waals surface area (Å²) in [6, 6.07) is 8.46. The monoisotopic (exact) mass is 268 g/mol. The molecule has 0 atom stereocenters. The smallest absolute Gasteiger partial charge is 0.225 e. The highest BCUT2D eigenvalue weighted by molar-refractivity contribution is 5.62. The second kappa shape index (κ2) is 5.59. The van der Waals surface area contributed by atoms with Crippen molar-refractivity contribution in [2.24, 2.45) is 0 Å². The Bertz CT molecular complexity index is 603. The molecule has 4 nitrogen and oxygen atoms in total. The number of rotatable bonds is 2. The molecule has 0 amide bonds. The average Bonchev–Trinajstić information content (AvgIpc) is 2.51. The summed E-state index contributed by atoms with van der Waals surface area (Å²) in [5.41, 5.74) is 4.76. The van der Waals surface area contributed by atoms with Gasteiger partial charge in [0, 0.05) is 37.9 Å². The lowest BCUT2D eigenvalue weighted by Crippen LogP contribution is -2.44. The van der Waals surface area contributed by atoms with Crippen LogP contribution in [0.5, 0.6) is 0 Å². The second-order valence-electron chi connectivity index (χ2n) is 5.28. The minimum absolute atomic E-state index is 0.835. The van der Waals surface area contributed by atoms with E-state index in [4.69, 9.17) is 4.98 Å². The van der Waals surface area contributed by atoms with Crippen molar-refractivity contribution in [2.45, 2.75) is 13.8 Å². The summed E-state index contributed by atoms with van der Waals surface area (Å²) >= 11 is 0. The predicted octanol–water partition coefficient (Wildman–Crippen LogP) is 2.17. The van der Waals surface area contributed by atoms with E-state index in [0.717, 1.165) is 43.4 Å². The summed E-state index contributed by atoms with van der Waals surface area (Å²) in [5.74, 6) is 0.835. The first kappa shape index (κ1) is 13.1. The van der Waals surface area contributed by atoms with E-state index in [1.807, 2.05) is 12.3 Å². The first-order valence-electron chi connectivity index (χ1n) is 7.10. The molecule has 0 bridgehead atoms. The van der Waals surface area contributed by atoms with Gasteiger partial charge in [-0.05, 0) is 37.1 Å². The highest BCUT2D eigenvalue weighted by Crippen LogP contribution is 2.21. The van der Waals surface area contributed by atoms with Gasteiger partial charge in [0.25, 0.3) is 0 Å². The van der Waals surface area contributed by atoms with Gasteiger partial charge in [0.1, 0.15) is 0 Å². The number of anilines is 1. The fraction of sp³-hybridized carbons (Fsp3) is 0.375. The summed E-state index contributed by atoms with van der Waals surface area (Å²) in [6.45, 7) is 8.20. The van der Waals surface area contributed by atoms with Crippen molar-refractivity contribution < 1.29 is 0 Å². The Morgan fingerprint density at radius 3 is 2.60 bits per heavy atom. The van der Waals surface area contributed by atoms with Crippen LogP contribution in [-0.4, -0.2) is 36.1 Å². The van der Waals surface area contributed by atoms with Crippen LogP contribution in [0.25, 0.3) is 11.3 Å². The van der Waals surface area contributed by atoms with Crippen molar-refractivity contribution in [1.82, 2.24) is 15.3 Å². The van der Waals surface area contributed by atoms with Crippen LogP contribution in [0.4, 0.5) is 5.95 Å². The lowest BCUT2D eigenvalue weighted by molar-refractivity contribution is 0.580. The zero-order valence-corrected chi connectivity index (χ0v) is 12.1. The normalized spacial score (nSPS) is 15.4. The first-order valence-corrected chi connectivity index (χ1v) is 7.10. The maximum absolute atomic E-state index is 4.72. The molecule has 1 aliphatic heterocycles. The van der Waals surface area contributed by atoms with E-state index in [9.17, 15) is 0 Å². The van der Waals surface area contributed by atoms with Crippen molar-refractivity contribution in [2.75, 3.05) is 31.1 Å². The molecular weight excluding hydrogens is 248 g/mol. The van der Waals surface area contributed by atoms with E-state index in [0.29, 0.717) is 0 Å². The molecule has 0 aliphatic carbocycles. The predicted molar refractivity (Wildman–Crippen MR) is 82.0 cm³/mol. The van der Waals surface area contributed by atoms with Crippen LogP contribution in [0.3, 0.4) is 0 Å². The van der Waals surface area contributed by atoms with Gasteiger partial charge in [-0.2, -0.15) is 0 Å². The molecule has 1 saturated heterocycles. The van der Waals surface area contributed by atoms with E-state index in [1.165, 1.54) is 11.1 Å². The maximum atomic E-state index is 4.72. The van der Waals surface area contributed by atoms with Gasteiger partial charge in [-0.15, -0.1) is 0 Å². The summed E-state index contributed by atoms with van der Waals surface area (Å²) in [7, 11) is 0. The Hall–Kier alpha value is -1.94. The van der Waals surface area contributed by atoms with Gasteiger partial charge in [-0.3, -0.25) is 0 Å². The third-order valence-electron chi connectivity index (χ3n) is 3.85. The molecule has 2 heterocycles. The zero-order chi connectivity index (χ0) is 13.9. The molecule has 20 heavy (non-hydrogen) atoms. The molecule has 3 rings (SSSR count). The van der Waals surface area contributed by atoms with Gasteiger partial charge in [0.15, 0.2) is 0 Å². The molecule has 0 saturated carbocycles. The van der Waals surface area contributed by atoms with Gasteiger partial charge in [-0.1, -0.05) is 12.1 Å². The van der Waals surface area contributed by atoms with Crippen LogP contribution in [0.15, 0.2) is 30.5 Å². The van der Waals surface area contributed by atoms with E-state index in [-0.39, 0.29) is 0 Å². The standard InChI is InChI=1S/C16H20N4/c1-12-3-4-14(11-13(12)2)15-5-6-18-16(19-15)20-9-7-17-8-10-20/h3-6,11,17H,7-10H2,1-2H3. The number of nitrogens with zero attached hydrogens (tertiary/aromatic N) is 3. The van der Waals surface area contributed by atoms with Crippen molar-refractivity contribution in [1.29, 1.82) is 0 Å². The zero-order valence-electron chi connectivity index (χ0n) is 12.1. The quantitative estimate of drug-likeness (QED) is 0.906. The van der Waals surface area contributed by atoms with E-state index in [1.54, 1.807) is 0 Å². The Kier molecular flexibility index (Phi) is 3.65. The number of hydrogen-bond acceptors (Lipinski definition) is 4. The third-order valence-corrected chi connectivity index (χ3v) is 3.85. The van der Waals surface area contributed by atoms with Crippen molar-refractivity contribution >= 4 is 5.95 Å². The topological polar surface area (TPSA) is 41.1 Å². The van der Waals surface area contributed by atoms with E-state index in [2.05, 4.69) is 47.2 Å². The van der Waals surface area contributed by atoms with Crippen molar-refractivity contribution in [3.63, 3.8) is 0 Å². The van der Waals surface area contributed by atoms with Gasteiger partial charge in [-0.25, -0.2) is 9.97 Å². The Morgan fingerprint density at radius 1 is 1.05 bits per heavy atom. The van der Waals surface area contributed by atoms with Crippen LogP contribution in [-0.2, 0) is 0 Å². The molecule has 1 aliphatic rings. The number of aryl methyl sites for hydroxylation is 2. The molecule has 104 valence electrons. The average molecular weight is 268 g/mol. The Balaban J connectivity index is 1.91. The summed E-state index contributed by atoms with van der Waals surface area (Å²) in [6.07, 6.45) is 1.86. The van der Waals surface area contributed by atoms with Gasteiger partial charge < -0.3 is 10.2 Å². The molecule has 0 radical (unpaired) electrons. The molecule has 2 aromatic rings. The van der Waals surface area contributed by atoms with Gasteiger partial charge in [0.05, 0.1) is 5.69 Å². The highest BCUT2D eigenvalue weighted by Gasteiger charge is 2.13. The second-order valence-corrected chi connectivity index (χ2v) is 5.28. The Labute approximate surface area is 119 Å². The van der Waals surface area contributed by atoms with Gasteiger partial charge >= 0.3 is 0 Å². The summed E-state index contributed by atoms with van der Waals surface area (Å²) < 4.78 is 0. The third kappa shape index (κ3) is 2.65. The Morgan fingerprint density at radius 2 is 1.85 bits per heavy atom. The number of nitrogens with one attached hydrogen (secondary N) is 1. The van der Waals surface area contributed by atoms with Gasteiger partial charge in [0.2, 0.25) is 5.95 Å². The largest absolute Gasteiger partial charge is 0.338 e. The highest BCUT2D eigenvalue weighted by atomic mass is 15.3. The van der Waals surface area contributed by atoms with Crippen LogP contribution >= 0.6 is 0 Å². The van der Waals surface area contributed by atoms with E-state index >= 15 is 0 Å². The first-order chi connectivity index (χ1) is 9.74. The molecule has 4 heteroatoms. The van der Waals surface area contributed by atoms with Crippen LogP contribution < -0.4 is 10.2 Å². The summed E-state index contributed by atoms with van der Waals surface area (Å²) in [5, 5.41) is 3.35. The minimum Gasteiger partial charge on any atom is -0.338 e. The number of benzene rings is 1. The van der Waals surface area contributed by atoms with Crippen molar-refractivity contribution in [3.8, 4) is 11.3 Å². The number of hydrogen-bond donors (Lipinski definition) is 1.